The number of hydrogen-bond acceptors (Lipinski definition) is 3. The van der Waals surface area contributed by atoms with Crippen LogP contribution < -0.4 is 0 Å². The number of fused-ring (bicyclic) bond motifs is 1. The molecule has 0 aliphatic heterocycles. The molecular weight excluding hydrogens is 266 g/mol. The molecule has 1 N–H and O–H groups in total. The van der Waals surface area contributed by atoms with Gasteiger partial charge in [0, 0.05) is 6.04 Å². The molecule has 0 bridgehead atoms. The standard InChI is InChI=1S/C16H21N3O2/c1-18(2)10-15-17-13-8-7-11(16(20)21)9-14(13)19(15)12-5-3-4-6-12/h7-9,12H,3-6,10H2,1-2H3,(H,20,21). The Morgan fingerprint density at radius 3 is 2.71 bits per heavy atom. The molecule has 1 saturated carbocycles. The van der Waals surface area contributed by atoms with Crippen molar-refractivity contribution in [2.24, 2.45) is 0 Å². The molecule has 0 atom stereocenters. The predicted octanol–water partition coefficient (Wildman–Crippen LogP) is 2.91. The number of imidazole rings is 1. The second-order valence-electron chi connectivity index (χ2n) is 6.08. The van der Waals surface area contributed by atoms with Gasteiger partial charge in [0.1, 0.15) is 5.82 Å². The lowest BCUT2D eigenvalue weighted by atomic mass is 10.2. The zero-order chi connectivity index (χ0) is 15.0. The third-order valence-corrected chi connectivity index (χ3v) is 4.16. The topological polar surface area (TPSA) is 58.4 Å². The Morgan fingerprint density at radius 2 is 2.10 bits per heavy atom. The van der Waals surface area contributed by atoms with E-state index in [-0.39, 0.29) is 0 Å². The van der Waals surface area contributed by atoms with Gasteiger partial charge in [-0.15, -0.1) is 0 Å². The Bertz CT molecular complexity index is 669. The molecule has 1 aliphatic carbocycles. The first-order valence-corrected chi connectivity index (χ1v) is 7.45. The van der Waals surface area contributed by atoms with E-state index in [1.165, 1.54) is 12.8 Å². The second-order valence-corrected chi connectivity index (χ2v) is 6.08. The van der Waals surface area contributed by atoms with Crippen molar-refractivity contribution in [1.82, 2.24) is 14.5 Å². The van der Waals surface area contributed by atoms with Crippen LogP contribution in [0.1, 0.15) is 47.9 Å². The van der Waals surface area contributed by atoms with E-state index in [0.717, 1.165) is 36.2 Å². The molecule has 1 aliphatic rings. The molecule has 2 aromatic rings. The molecule has 1 heterocycles. The highest BCUT2D eigenvalue weighted by Gasteiger charge is 2.23. The van der Waals surface area contributed by atoms with Crippen molar-refractivity contribution >= 4 is 17.0 Å². The summed E-state index contributed by atoms with van der Waals surface area (Å²) in [6.45, 7) is 0.771. The van der Waals surface area contributed by atoms with Crippen LogP contribution >= 0.6 is 0 Å². The first-order chi connectivity index (χ1) is 10.1. The van der Waals surface area contributed by atoms with Gasteiger partial charge in [-0.2, -0.15) is 0 Å². The highest BCUT2D eigenvalue weighted by atomic mass is 16.4. The van der Waals surface area contributed by atoms with Crippen LogP contribution in [0.3, 0.4) is 0 Å². The lowest BCUT2D eigenvalue weighted by Crippen LogP contribution is -2.17. The van der Waals surface area contributed by atoms with Gasteiger partial charge in [-0.1, -0.05) is 12.8 Å². The largest absolute Gasteiger partial charge is 0.478 e. The monoisotopic (exact) mass is 287 g/mol. The zero-order valence-electron chi connectivity index (χ0n) is 12.5. The minimum absolute atomic E-state index is 0.332. The molecule has 21 heavy (non-hydrogen) atoms. The Morgan fingerprint density at radius 1 is 1.38 bits per heavy atom. The van der Waals surface area contributed by atoms with E-state index in [1.807, 2.05) is 20.2 Å². The minimum atomic E-state index is -0.884. The quantitative estimate of drug-likeness (QED) is 0.939. The zero-order valence-corrected chi connectivity index (χ0v) is 12.5. The molecule has 0 radical (unpaired) electrons. The molecule has 5 heteroatoms. The number of aromatic nitrogens is 2. The summed E-state index contributed by atoms with van der Waals surface area (Å²) in [4.78, 5) is 18.1. The van der Waals surface area contributed by atoms with Gasteiger partial charge in [0.15, 0.2) is 0 Å². The van der Waals surface area contributed by atoms with Gasteiger partial charge >= 0.3 is 5.97 Å². The van der Waals surface area contributed by atoms with Gasteiger partial charge in [-0.05, 0) is 45.1 Å². The molecule has 1 aromatic carbocycles. The van der Waals surface area contributed by atoms with E-state index in [1.54, 1.807) is 12.1 Å². The Labute approximate surface area is 124 Å². The van der Waals surface area contributed by atoms with Crippen molar-refractivity contribution in [3.05, 3.63) is 29.6 Å². The average Bonchev–Trinajstić information content (AvgIpc) is 3.03. The second kappa shape index (κ2) is 5.48. The van der Waals surface area contributed by atoms with E-state index in [4.69, 9.17) is 4.98 Å². The van der Waals surface area contributed by atoms with Crippen LogP contribution in [0.2, 0.25) is 0 Å². The summed E-state index contributed by atoms with van der Waals surface area (Å²) in [5, 5.41) is 9.21. The van der Waals surface area contributed by atoms with Gasteiger partial charge in [0.05, 0.1) is 23.1 Å². The maximum Gasteiger partial charge on any atom is 0.335 e. The average molecular weight is 287 g/mol. The van der Waals surface area contributed by atoms with Gasteiger partial charge in [-0.3, -0.25) is 0 Å². The van der Waals surface area contributed by atoms with Crippen molar-refractivity contribution in [3.63, 3.8) is 0 Å². The highest BCUT2D eigenvalue weighted by molar-refractivity contribution is 5.92. The molecule has 1 fully saturated rings. The van der Waals surface area contributed by atoms with E-state index in [0.29, 0.717) is 11.6 Å². The van der Waals surface area contributed by atoms with Crippen molar-refractivity contribution in [1.29, 1.82) is 0 Å². The maximum atomic E-state index is 11.2. The summed E-state index contributed by atoms with van der Waals surface area (Å²) in [7, 11) is 4.06. The van der Waals surface area contributed by atoms with Gasteiger partial charge in [-0.25, -0.2) is 9.78 Å². The Hall–Kier alpha value is -1.88. The fourth-order valence-corrected chi connectivity index (χ4v) is 3.24. The third kappa shape index (κ3) is 2.65. The SMILES string of the molecule is CN(C)Cc1nc2ccc(C(=O)O)cc2n1C1CCCC1. The number of benzene rings is 1. The van der Waals surface area contributed by atoms with Gasteiger partial charge < -0.3 is 14.6 Å². The van der Waals surface area contributed by atoms with E-state index >= 15 is 0 Å². The number of hydrogen-bond donors (Lipinski definition) is 1. The Balaban J connectivity index is 2.15. The van der Waals surface area contributed by atoms with Crippen LogP contribution in [-0.4, -0.2) is 39.6 Å². The van der Waals surface area contributed by atoms with Crippen LogP contribution in [0, 0.1) is 0 Å². The summed E-state index contributed by atoms with van der Waals surface area (Å²) >= 11 is 0. The predicted molar refractivity (Wildman–Crippen MR) is 81.6 cm³/mol. The van der Waals surface area contributed by atoms with Crippen molar-refractivity contribution in [3.8, 4) is 0 Å². The summed E-state index contributed by atoms with van der Waals surface area (Å²) < 4.78 is 2.27. The first kappa shape index (κ1) is 14.1. The number of carboxylic acid groups (broad SMARTS) is 1. The van der Waals surface area contributed by atoms with Crippen LogP contribution in [0.25, 0.3) is 11.0 Å². The summed E-state index contributed by atoms with van der Waals surface area (Å²) in [5.74, 6) is 0.148. The molecule has 5 nitrogen and oxygen atoms in total. The van der Waals surface area contributed by atoms with Crippen molar-refractivity contribution in [2.75, 3.05) is 14.1 Å². The number of aromatic carboxylic acids is 1. The van der Waals surface area contributed by atoms with Crippen molar-refractivity contribution < 1.29 is 9.90 Å². The minimum Gasteiger partial charge on any atom is -0.478 e. The molecule has 3 rings (SSSR count). The molecular formula is C16H21N3O2. The smallest absolute Gasteiger partial charge is 0.335 e. The Kier molecular flexibility index (Phi) is 3.68. The van der Waals surface area contributed by atoms with Crippen LogP contribution in [0.15, 0.2) is 18.2 Å². The molecule has 0 amide bonds. The number of nitrogens with zero attached hydrogens (tertiary/aromatic N) is 3. The van der Waals surface area contributed by atoms with Crippen LogP contribution in [0.5, 0.6) is 0 Å². The normalized spacial score (nSPS) is 16.1. The fraction of sp³-hybridized carbons (Fsp3) is 0.500. The fourth-order valence-electron chi connectivity index (χ4n) is 3.24. The molecule has 112 valence electrons. The van der Waals surface area contributed by atoms with Gasteiger partial charge in [0.25, 0.3) is 0 Å². The summed E-state index contributed by atoms with van der Waals surface area (Å²) in [5.41, 5.74) is 2.18. The maximum absolute atomic E-state index is 11.2. The van der Waals surface area contributed by atoms with E-state index < -0.39 is 5.97 Å². The first-order valence-electron chi connectivity index (χ1n) is 7.45. The summed E-state index contributed by atoms with van der Waals surface area (Å²) in [6.07, 6.45) is 4.79. The molecule has 0 spiro atoms. The molecule has 0 unspecified atom stereocenters. The summed E-state index contributed by atoms with van der Waals surface area (Å²) in [6, 6.07) is 5.68. The number of carbonyl (C=O) groups is 1. The highest BCUT2D eigenvalue weighted by Crippen LogP contribution is 2.34. The van der Waals surface area contributed by atoms with Crippen LogP contribution in [0.4, 0.5) is 0 Å². The number of rotatable bonds is 4. The van der Waals surface area contributed by atoms with Crippen LogP contribution in [-0.2, 0) is 6.54 Å². The molecule has 1 aromatic heterocycles. The third-order valence-electron chi connectivity index (χ3n) is 4.16. The van der Waals surface area contributed by atoms with E-state index in [2.05, 4.69) is 9.47 Å². The van der Waals surface area contributed by atoms with Crippen molar-refractivity contribution in [2.45, 2.75) is 38.3 Å². The molecule has 0 saturated heterocycles. The lowest BCUT2D eigenvalue weighted by molar-refractivity contribution is 0.0697. The lowest BCUT2D eigenvalue weighted by Gasteiger charge is -2.18. The van der Waals surface area contributed by atoms with E-state index in [9.17, 15) is 9.90 Å². The number of carboxylic acids is 1. The van der Waals surface area contributed by atoms with Gasteiger partial charge in [0.2, 0.25) is 0 Å².